The molecule has 0 atom stereocenters. The molecule has 3 heterocycles. The van der Waals surface area contributed by atoms with E-state index in [-0.39, 0.29) is 24.5 Å². The van der Waals surface area contributed by atoms with E-state index >= 15 is 0 Å². The van der Waals surface area contributed by atoms with Gasteiger partial charge in [0.05, 0.1) is 12.1 Å². The third-order valence-corrected chi connectivity index (χ3v) is 6.15. The Morgan fingerprint density at radius 3 is 2.58 bits per heavy atom. The maximum Gasteiger partial charge on any atom is 0.332 e. The van der Waals surface area contributed by atoms with Gasteiger partial charge in [0.2, 0.25) is 5.91 Å². The van der Waals surface area contributed by atoms with Crippen LogP contribution in [0.3, 0.4) is 0 Å². The summed E-state index contributed by atoms with van der Waals surface area (Å²) in [6.45, 7) is 2.53. The van der Waals surface area contributed by atoms with Crippen molar-refractivity contribution in [3.8, 4) is 0 Å². The van der Waals surface area contributed by atoms with Crippen LogP contribution >= 0.6 is 0 Å². The van der Waals surface area contributed by atoms with Crippen molar-refractivity contribution < 1.29 is 4.79 Å². The lowest BCUT2D eigenvalue weighted by molar-refractivity contribution is -0.119. The van der Waals surface area contributed by atoms with E-state index in [9.17, 15) is 14.4 Å². The lowest BCUT2D eigenvalue weighted by atomic mass is 10.0. The number of hydrogen-bond acceptors (Lipinski definition) is 4. The summed E-state index contributed by atoms with van der Waals surface area (Å²) in [7, 11) is 0. The molecular formula is C26H24N4O3. The summed E-state index contributed by atoms with van der Waals surface area (Å²) < 4.78 is 2.54. The number of fused-ring (bicyclic) bond motifs is 2. The number of para-hydroxylation sites is 1. The molecule has 1 amide bonds. The number of amides is 1. The molecule has 0 fully saturated rings. The second-order valence-corrected chi connectivity index (χ2v) is 8.39. The minimum absolute atomic E-state index is 0.116. The second-order valence-electron chi connectivity index (χ2n) is 8.39. The van der Waals surface area contributed by atoms with E-state index in [1.54, 1.807) is 17.0 Å². The van der Waals surface area contributed by atoms with Crippen molar-refractivity contribution >= 4 is 22.6 Å². The summed E-state index contributed by atoms with van der Waals surface area (Å²) in [5, 5.41) is 0. The van der Waals surface area contributed by atoms with E-state index in [1.807, 2.05) is 55.5 Å². The predicted molar refractivity (Wildman–Crippen MR) is 128 cm³/mol. The number of anilines is 1. The van der Waals surface area contributed by atoms with Gasteiger partial charge in [0.1, 0.15) is 6.54 Å². The van der Waals surface area contributed by atoms with Gasteiger partial charge < -0.3 is 4.90 Å². The van der Waals surface area contributed by atoms with E-state index in [0.29, 0.717) is 12.1 Å². The number of carbonyl (C=O) groups excluding carboxylic acids is 1. The molecule has 0 aliphatic carbocycles. The minimum Gasteiger partial charge on any atom is -0.311 e. The molecule has 166 valence electrons. The Morgan fingerprint density at radius 1 is 0.970 bits per heavy atom. The number of carbonyl (C=O) groups is 1. The van der Waals surface area contributed by atoms with E-state index in [4.69, 9.17) is 0 Å². The van der Waals surface area contributed by atoms with E-state index in [0.717, 1.165) is 39.8 Å². The Labute approximate surface area is 190 Å². The Morgan fingerprint density at radius 2 is 1.76 bits per heavy atom. The third-order valence-electron chi connectivity index (χ3n) is 6.15. The highest BCUT2D eigenvalue weighted by Gasteiger charge is 2.24. The van der Waals surface area contributed by atoms with Gasteiger partial charge in [-0.3, -0.25) is 18.7 Å². The van der Waals surface area contributed by atoms with Gasteiger partial charge in [-0.25, -0.2) is 9.78 Å². The lowest BCUT2D eigenvalue weighted by Gasteiger charge is -2.29. The Balaban J connectivity index is 1.58. The highest BCUT2D eigenvalue weighted by atomic mass is 16.2. The summed E-state index contributed by atoms with van der Waals surface area (Å²) in [5.74, 6) is -0.185. The first-order valence-corrected chi connectivity index (χ1v) is 11.0. The molecule has 5 rings (SSSR count). The molecule has 0 spiro atoms. The van der Waals surface area contributed by atoms with Crippen LogP contribution in [0, 0.1) is 6.92 Å². The summed E-state index contributed by atoms with van der Waals surface area (Å²) in [6, 6.07) is 18.9. The van der Waals surface area contributed by atoms with Gasteiger partial charge >= 0.3 is 5.69 Å². The topological polar surface area (TPSA) is 77.2 Å². The molecular weight excluding hydrogens is 416 g/mol. The first kappa shape index (κ1) is 20.9. The molecule has 2 aromatic carbocycles. The fourth-order valence-corrected chi connectivity index (χ4v) is 4.42. The van der Waals surface area contributed by atoms with Crippen LogP contribution in [-0.4, -0.2) is 26.6 Å². The van der Waals surface area contributed by atoms with Gasteiger partial charge in [-0.2, -0.15) is 0 Å². The fourth-order valence-electron chi connectivity index (χ4n) is 4.42. The molecule has 2 aromatic heterocycles. The normalized spacial score (nSPS) is 13.2. The number of aryl methyl sites for hydroxylation is 2. The minimum atomic E-state index is -0.514. The SMILES string of the molecule is Cc1ccc(Cn2c(=O)c3ncccc3n(CC(=O)N3CCCc4ccccc43)c2=O)cc1. The Hall–Kier alpha value is -4.00. The van der Waals surface area contributed by atoms with Crippen molar-refractivity contribution in [1.82, 2.24) is 14.1 Å². The quantitative estimate of drug-likeness (QED) is 0.489. The maximum absolute atomic E-state index is 13.5. The summed E-state index contributed by atoms with van der Waals surface area (Å²) in [6.07, 6.45) is 3.32. The maximum atomic E-state index is 13.5. The number of hydrogen-bond donors (Lipinski definition) is 0. The van der Waals surface area contributed by atoms with E-state index in [2.05, 4.69) is 4.98 Å². The van der Waals surface area contributed by atoms with Crippen LogP contribution in [0.25, 0.3) is 11.0 Å². The molecule has 4 aromatic rings. The molecule has 0 radical (unpaired) electrons. The summed E-state index contributed by atoms with van der Waals surface area (Å²) >= 11 is 0. The molecule has 0 bridgehead atoms. The zero-order chi connectivity index (χ0) is 22.9. The zero-order valence-corrected chi connectivity index (χ0v) is 18.4. The van der Waals surface area contributed by atoms with Crippen molar-refractivity contribution in [2.45, 2.75) is 32.9 Å². The van der Waals surface area contributed by atoms with Crippen LogP contribution in [-0.2, 0) is 24.3 Å². The van der Waals surface area contributed by atoms with Gasteiger partial charge in [-0.1, -0.05) is 48.0 Å². The monoisotopic (exact) mass is 440 g/mol. The van der Waals surface area contributed by atoms with Crippen molar-refractivity contribution in [1.29, 1.82) is 0 Å². The summed E-state index contributed by atoms with van der Waals surface area (Å²) in [5.41, 5.74) is 3.51. The van der Waals surface area contributed by atoms with Crippen LogP contribution < -0.4 is 16.1 Å². The molecule has 0 saturated carbocycles. The van der Waals surface area contributed by atoms with Gasteiger partial charge in [-0.15, -0.1) is 0 Å². The fraction of sp³-hybridized carbons (Fsp3) is 0.231. The van der Waals surface area contributed by atoms with E-state index < -0.39 is 11.2 Å². The number of pyridine rings is 1. The average Bonchev–Trinajstić information content (AvgIpc) is 2.85. The van der Waals surface area contributed by atoms with Crippen molar-refractivity contribution in [3.05, 3.63) is 104 Å². The first-order chi connectivity index (χ1) is 16.0. The Bertz CT molecular complexity index is 1470. The molecule has 0 saturated heterocycles. The molecule has 0 unspecified atom stereocenters. The third kappa shape index (κ3) is 3.86. The van der Waals surface area contributed by atoms with Crippen molar-refractivity contribution in [3.63, 3.8) is 0 Å². The van der Waals surface area contributed by atoms with Crippen molar-refractivity contribution in [2.24, 2.45) is 0 Å². The smallest absolute Gasteiger partial charge is 0.311 e. The predicted octanol–water partition coefficient (Wildman–Crippen LogP) is 2.89. The molecule has 1 aliphatic heterocycles. The highest BCUT2D eigenvalue weighted by Crippen LogP contribution is 2.27. The number of benzene rings is 2. The van der Waals surface area contributed by atoms with Gasteiger partial charge in [-0.05, 0) is 49.1 Å². The van der Waals surface area contributed by atoms with Gasteiger partial charge in [0.15, 0.2) is 5.52 Å². The largest absolute Gasteiger partial charge is 0.332 e. The van der Waals surface area contributed by atoms with Crippen LogP contribution in [0.4, 0.5) is 5.69 Å². The highest BCUT2D eigenvalue weighted by molar-refractivity contribution is 5.95. The van der Waals surface area contributed by atoms with Crippen LogP contribution in [0.2, 0.25) is 0 Å². The van der Waals surface area contributed by atoms with Gasteiger partial charge in [0, 0.05) is 18.4 Å². The van der Waals surface area contributed by atoms with Crippen LogP contribution in [0.15, 0.2) is 76.4 Å². The number of aromatic nitrogens is 3. The van der Waals surface area contributed by atoms with Crippen molar-refractivity contribution in [2.75, 3.05) is 11.4 Å². The van der Waals surface area contributed by atoms with Crippen LogP contribution in [0.5, 0.6) is 0 Å². The van der Waals surface area contributed by atoms with Gasteiger partial charge in [0.25, 0.3) is 5.56 Å². The lowest BCUT2D eigenvalue weighted by Crippen LogP contribution is -2.44. The molecule has 1 aliphatic rings. The average molecular weight is 441 g/mol. The van der Waals surface area contributed by atoms with Crippen LogP contribution in [0.1, 0.15) is 23.1 Å². The second kappa shape index (κ2) is 8.50. The Kier molecular flexibility index (Phi) is 5.38. The standard InChI is InChI=1S/C26H24N4O3/c1-18-10-12-19(13-11-18)16-30-25(32)24-22(9-4-14-27-24)29(26(30)33)17-23(31)28-15-5-7-20-6-2-3-8-21(20)28/h2-4,6,8-14H,5,7,15-17H2,1H3. The molecule has 7 heteroatoms. The van der Waals surface area contributed by atoms with E-state index in [1.165, 1.54) is 10.8 Å². The molecule has 0 N–H and O–H groups in total. The first-order valence-electron chi connectivity index (χ1n) is 11.0. The zero-order valence-electron chi connectivity index (χ0n) is 18.4. The number of rotatable bonds is 4. The number of nitrogens with zero attached hydrogens (tertiary/aromatic N) is 4. The molecule has 33 heavy (non-hydrogen) atoms. The molecule has 7 nitrogen and oxygen atoms in total. The summed E-state index contributed by atoms with van der Waals surface area (Å²) in [4.78, 5) is 45.9.